The number of ether oxygens (including phenoxy) is 2. The van der Waals surface area contributed by atoms with Gasteiger partial charge < -0.3 is 19.7 Å². The molecule has 0 aliphatic carbocycles. The Bertz CT molecular complexity index is 1260. The Labute approximate surface area is 207 Å². The minimum Gasteiger partial charge on any atom is -0.458 e. The number of amides is 2. The number of nitro groups is 1. The minimum absolute atomic E-state index is 0.163. The van der Waals surface area contributed by atoms with Crippen molar-refractivity contribution in [3.63, 3.8) is 0 Å². The van der Waals surface area contributed by atoms with Gasteiger partial charge in [0.1, 0.15) is 18.2 Å². The normalized spacial score (nSPS) is 16.5. The highest BCUT2D eigenvalue weighted by Gasteiger charge is 2.51. The van der Waals surface area contributed by atoms with E-state index in [1.54, 1.807) is 26.8 Å². The molecule has 2 amide bonds. The van der Waals surface area contributed by atoms with Gasteiger partial charge in [-0.25, -0.2) is 18.0 Å². The Morgan fingerprint density at radius 3 is 2.28 bits per heavy atom. The molecule has 13 heteroatoms. The number of carbonyl (C=O) groups is 3. The monoisotopic (exact) mass is 519 g/mol. The van der Waals surface area contributed by atoms with Crippen molar-refractivity contribution in [2.24, 2.45) is 0 Å². The molecule has 0 radical (unpaired) electrons. The summed E-state index contributed by atoms with van der Waals surface area (Å²) < 4.78 is 36.9. The number of hydrogen-bond acceptors (Lipinski definition) is 9. The summed E-state index contributed by atoms with van der Waals surface area (Å²) in [7, 11) is -4.40. The largest absolute Gasteiger partial charge is 0.458 e. The Hall–Kier alpha value is -4.00. The zero-order valence-corrected chi connectivity index (χ0v) is 20.6. The van der Waals surface area contributed by atoms with Gasteiger partial charge >= 0.3 is 12.1 Å². The van der Waals surface area contributed by atoms with Crippen LogP contribution in [0.2, 0.25) is 0 Å². The van der Waals surface area contributed by atoms with Crippen LogP contribution in [0, 0.1) is 10.1 Å². The molecule has 1 aliphatic rings. The quantitative estimate of drug-likeness (QED) is 0.238. The predicted octanol–water partition coefficient (Wildman–Crippen LogP) is 2.17. The molecule has 1 unspecified atom stereocenters. The van der Waals surface area contributed by atoms with E-state index in [0.717, 1.165) is 4.90 Å². The van der Waals surface area contributed by atoms with Crippen LogP contribution >= 0.6 is 0 Å². The third-order valence-electron chi connectivity index (χ3n) is 5.03. The molecular formula is C23H25N3O9S. The van der Waals surface area contributed by atoms with Gasteiger partial charge in [-0.1, -0.05) is 18.2 Å². The molecule has 1 fully saturated rings. The molecular weight excluding hydrogens is 494 g/mol. The average molecular weight is 520 g/mol. The maximum atomic E-state index is 13.3. The van der Waals surface area contributed by atoms with Crippen molar-refractivity contribution >= 4 is 33.5 Å². The molecule has 2 atom stereocenters. The number of benzene rings is 2. The SMILES string of the molecule is CC(C)(C)OC(=O)N[C@H]1CN(C(C(=O)OCc2ccc([N+](=O)[O-])cc2)S(=O)(=O)c2ccccc2)C1=O. The van der Waals surface area contributed by atoms with Crippen LogP contribution in [0.3, 0.4) is 0 Å². The zero-order chi connectivity index (χ0) is 26.7. The van der Waals surface area contributed by atoms with Crippen LogP contribution in [0.15, 0.2) is 59.5 Å². The number of carbonyl (C=O) groups excluding carboxylic acids is 3. The summed E-state index contributed by atoms with van der Waals surface area (Å²) in [6.07, 6.45) is -0.858. The summed E-state index contributed by atoms with van der Waals surface area (Å²) in [5.41, 5.74) is -0.592. The van der Waals surface area contributed by atoms with E-state index in [-0.39, 0.29) is 23.7 Å². The van der Waals surface area contributed by atoms with Gasteiger partial charge in [-0.2, -0.15) is 0 Å². The van der Waals surface area contributed by atoms with Crippen LogP contribution in [0.4, 0.5) is 10.5 Å². The maximum absolute atomic E-state index is 13.3. The lowest BCUT2D eigenvalue weighted by Gasteiger charge is -2.41. The lowest BCUT2D eigenvalue weighted by Crippen LogP contribution is -2.69. The number of sulfone groups is 1. The van der Waals surface area contributed by atoms with Gasteiger partial charge in [0.2, 0.25) is 21.1 Å². The molecule has 0 spiro atoms. The first-order valence-corrected chi connectivity index (χ1v) is 12.3. The maximum Gasteiger partial charge on any atom is 0.408 e. The molecule has 3 rings (SSSR count). The van der Waals surface area contributed by atoms with E-state index in [0.29, 0.717) is 5.56 Å². The van der Waals surface area contributed by atoms with Gasteiger partial charge in [0.25, 0.3) is 5.69 Å². The zero-order valence-electron chi connectivity index (χ0n) is 19.7. The van der Waals surface area contributed by atoms with Crippen molar-refractivity contribution in [3.8, 4) is 0 Å². The minimum atomic E-state index is -4.40. The number of esters is 1. The molecule has 36 heavy (non-hydrogen) atoms. The number of alkyl carbamates (subject to hydrolysis) is 1. The van der Waals surface area contributed by atoms with E-state index in [1.165, 1.54) is 48.5 Å². The van der Waals surface area contributed by atoms with Gasteiger partial charge in [0, 0.05) is 12.1 Å². The number of β-lactam (4-membered cyclic amide) rings is 1. The summed E-state index contributed by atoms with van der Waals surface area (Å²) in [5, 5.41) is 11.2. The summed E-state index contributed by atoms with van der Waals surface area (Å²) in [5.74, 6) is -2.00. The molecule has 0 aromatic heterocycles. The molecule has 0 bridgehead atoms. The van der Waals surface area contributed by atoms with Crippen LogP contribution < -0.4 is 5.32 Å². The topological polar surface area (TPSA) is 162 Å². The summed E-state index contributed by atoms with van der Waals surface area (Å²) in [6, 6.07) is 11.2. The fourth-order valence-electron chi connectivity index (χ4n) is 3.32. The van der Waals surface area contributed by atoms with E-state index < -0.39 is 49.7 Å². The molecule has 1 N–H and O–H groups in total. The lowest BCUT2D eigenvalue weighted by molar-refractivity contribution is -0.384. The van der Waals surface area contributed by atoms with Crippen LogP contribution in [0.5, 0.6) is 0 Å². The lowest BCUT2D eigenvalue weighted by atomic mass is 10.1. The first-order valence-electron chi connectivity index (χ1n) is 10.8. The van der Waals surface area contributed by atoms with Crippen LogP contribution in [-0.2, 0) is 35.5 Å². The Kier molecular flexibility index (Phi) is 7.62. The Morgan fingerprint density at radius 2 is 1.75 bits per heavy atom. The fraction of sp³-hybridized carbons (Fsp3) is 0.348. The standard InChI is InChI=1S/C23H25N3O9S/c1-23(2,3)35-22(29)24-18-13-25(19(18)27)20(36(32,33)17-7-5-4-6-8-17)21(28)34-14-15-9-11-16(12-10-15)26(30)31/h4-12,18,20H,13-14H2,1-3H3,(H,24,29)/t18-,20?/m0/s1. The van der Waals surface area contributed by atoms with Gasteiger partial charge in [-0.05, 0) is 50.6 Å². The van der Waals surface area contributed by atoms with Crippen LogP contribution in [0.1, 0.15) is 26.3 Å². The highest BCUT2D eigenvalue weighted by molar-refractivity contribution is 7.92. The van der Waals surface area contributed by atoms with E-state index in [9.17, 15) is 32.9 Å². The molecule has 1 heterocycles. The number of nitrogens with zero attached hydrogens (tertiary/aromatic N) is 2. The summed E-state index contributed by atoms with van der Waals surface area (Å²) >= 11 is 0. The number of likely N-dealkylation sites (tertiary alicyclic amines) is 1. The van der Waals surface area contributed by atoms with Gasteiger partial charge in [-0.15, -0.1) is 0 Å². The number of hydrogen-bond donors (Lipinski definition) is 1. The molecule has 2 aromatic carbocycles. The van der Waals surface area contributed by atoms with Crippen molar-refractivity contribution in [2.75, 3.05) is 6.54 Å². The van der Waals surface area contributed by atoms with Crippen LogP contribution in [-0.4, -0.2) is 59.8 Å². The van der Waals surface area contributed by atoms with Crippen molar-refractivity contribution in [1.82, 2.24) is 10.2 Å². The van der Waals surface area contributed by atoms with Crippen molar-refractivity contribution < 1.29 is 37.2 Å². The number of nitrogens with one attached hydrogen (secondary N) is 1. The highest BCUT2D eigenvalue weighted by atomic mass is 32.2. The van der Waals surface area contributed by atoms with Crippen molar-refractivity contribution in [3.05, 3.63) is 70.3 Å². The van der Waals surface area contributed by atoms with E-state index in [2.05, 4.69) is 5.32 Å². The second-order valence-corrected chi connectivity index (χ2v) is 10.9. The third kappa shape index (κ3) is 6.16. The third-order valence-corrected chi connectivity index (χ3v) is 6.99. The second-order valence-electron chi connectivity index (χ2n) is 8.93. The molecule has 0 saturated carbocycles. The van der Waals surface area contributed by atoms with Crippen LogP contribution in [0.25, 0.3) is 0 Å². The van der Waals surface area contributed by atoms with Gasteiger partial charge in [-0.3, -0.25) is 14.9 Å². The Morgan fingerprint density at radius 1 is 1.14 bits per heavy atom. The Balaban J connectivity index is 1.78. The predicted molar refractivity (Wildman–Crippen MR) is 125 cm³/mol. The number of rotatable bonds is 8. The molecule has 1 aliphatic heterocycles. The van der Waals surface area contributed by atoms with Crippen molar-refractivity contribution in [2.45, 2.75) is 49.3 Å². The summed E-state index contributed by atoms with van der Waals surface area (Å²) in [6.45, 7) is 4.29. The molecule has 1 saturated heterocycles. The second kappa shape index (κ2) is 10.3. The molecule has 192 valence electrons. The smallest absolute Gasteiger partial charge is 0.408 e. The first-order chi connectivity index (χ1) is 16.8. The number of non-ortho nitro benzene ring substituents is 1. The molecule has 2 aromatic rings. The van der Waals surface area contributed by atoms with E-state index >= 15 is 0 Å². The van der Waals surface area contributed by atoms with E-state index in [1.807, 2.05) is 0 Å². The molecule has 12 nitrogen and oxygen atoms in total. The van der Waals surface area contributed by atoms with E-state index in [4.69, 9.17) is 9.47 Å². The van der Waals surface area contributed by atoms with Gasteiger partial charge in [0.15, 0.2) is 0 Å². The highest BCUT2D eigenvalue weighted by Crippen LogP contribution is 2.26. The number of nitro benzene ring substituents is 1. The summed E-state index contributed by atoms with van der Waals surface area (Å²) in [4.78, 5) is 48.6. The average Bonchev–Trinajstić information content (AvgIpc) is 2.81. The fourth-order valence-corrected chi connectivity index (χ4v) is 4.96. The first kappa shape index (κ1) is 26.6. The van der Waals surface area contributed by atoms with Crippen molar-refractivity contribution in [1.29, 1.82) is 0 Å². The van der Waals surface area contributed by atoms with Gasteiger partial charge in [0.05, 0.1) is 16.4 Å².